The number of nitro groups is 1. The quantitative estimate of drug-likeness (QED) is 0.664. The molecule has 7 nitrogen and oxygen atoms in total. The van der Waals surface area contributed by atoms with Crippen LogP contribution >= 0.6 is 23.2 Å². The Morgan fingerprint density at radius 1 is 1.24 bits per heavy atom. The first-order chi connectivity index (χ1) is 9.86. The van der Waals surface area contributed by atoms with Gasteiger partial charge in [-0.25, -0.2) is 4.98 Å². The summed E-state index contributed by atoms with van der Waals surface area (Å²) in [4.78, 5) is 25.4. The number of hydrogen-bond donors (Lipinski definition) is 2. The van der Waals surface area contributed by atoms with Gasteiger partial charge in [-0.15, -0.1) is 0 Å². The van der Waals surface area contributed by atoms with E-state index in [9.17, 15) is 20.0 Å². The maximum atomic E-state index is 12.0. The van der Waals surface area contributed by atoms with Crippen LogP contribution in [0, 0.1) is 10.1 Å². The molecular formula is C12H7Cl2N3O4. The molecule has 21 heavy (non-hydrogen) atoms. The zero-order chi connectivity index (χ0) is 15.6. The molecule has 1 amide bonds. The molecule has 0 unspecified atom stereocenters. The fraction of sp³-hybridized carbons (Fsp3) is 0. The van der Waals surface area contributed by atoms with E-state index in [1.165, 1.54) is 18.2 Å². The molecule has 2 rings (SSSR count). The lowest BCUT2D eigenvalue weighted by atomic mass is 10.2. The molecule has 0 aliphatic rings. The van der Waals surface area contributed by atoms with E-state index in [0.29, 0.717) is 0 Å². The highest BCUT2D eigenvalue weighted by Crippen LogP contribution is 2.26. The average Bonchev–Trinajstić information content (AvgIpc) is 2.39. The van der Waals surface area contributed by atoms with Gasteiger partial charge in [0.15, 0.2) is 11.6 Å². The molecule has 0 fully saturated rings. The van der Waals surface area contributed by atoms with Crippen LogP contribution in [0.2, 0.25) is 10.0 Å². The summed E-state index contributed by atoms with van der Waals surface area (Å²) in [6.45, 7) is 0. The first kappa shape index (κ1) is 15.0. The first-order valence-electron chi connectivity index (χ1n) is 5.47. The molecule has 1 heterocycles. The highest BCUT2D eigenvalue weighted by molar-refractivity contribution is 6.35. The van der Waals surface area contributed by atoms with Crippen molar-refractivity contribution in [2.75, 3.05) is 5.32 Å². The second kappa shape index (κ2) is 5.94. The number of carbonyl (C=O) groups excluding carboxylic acids is 1. The van der Waals surface area contributed by atoms with Gasteiger partial charge >= 0.3 is 0 Å². The Bertz CT molecular complexity index is 716. The Labute approximate surface area is 128 Å². The fourth-order valence-corrected chi connectivity index (χ4v) is 2.03. The molecule has 0 radical (unpaired) electrons. The Morgan fingerprint density at radius 2 is 1.86 bits per heavy atom. The lowest BCUT2D eigenvalue weighted by molar-refractivity contribution is -0.385. The number of carbonyl (C=O) groups is 1. The van der Waals surface area contributed by atoms with Crippen LogP contribution in [0.15, 0.2) is 30.5 Å². The number of pyridine rings is 1. The zero-order valence-corrected chi connectivity index (χ0v) is 11.7. The van der Waals surface area contributed by atoms with Gasteiger partial charge in [-0.3, -0.25) is 14.9 Å². The summed E-state index contributed by atoms with van der Waals surface area (Å²) in [6, 6.07) is 5.10. The molecule has 2 N–H and O–H groups in total. The number of amides is 1. The first-order valence-corrected chi connectivity index (χ1v) is 6.23. The van der Waals surface area contributed by atoms with Crippen LogP contribution in [-0.2, 0) is 0 Å². The van der Waals surface area contributed by atoms with Gasteiger partial charge in [0, 0.05) is 15.6 Å². The summed E-state index contributed by atoms with van der Waals surface area (Å²) in [5.74, 6) is -1.34. The number of halogens is 2. The minimum Gasteiger partial charge on any atom is -0.504 e. The fourth-order valence-electron chi connectivity index (χ4n) is 1.50. The number of benzene rings is 1. The minimum atomic E-state index is -0.713. The van der Waals surface area contributed by atoms with Gasteiger partial charge in [0.05, 0.1) is 11.0 Å². The van der Waals surface area contributed by atoms with Crippen molar-refractivity contribution < 1.29 is 14.8 Å². The summed E-state index contributed by atoms with van der Waals surface area (Å²) in [7, 11) is 0. The molecule has 9 heteroatoms. The highest BCUT2D eigenvalue weighted by Gasteiger charge is 2.15. The minimum absolute atomic E-state index is 0.159. The Hall–Kier alpha value is -2.38. The Morgan fingerprint density at radius 3 is 2.38 bits per heavy atom. The third-order valence-corrected chi connectivity index (χ3v) is 2.86. The maximum Gasteiger partial charge on any atom is 0.291 e. The molecule has 0 saturated carbocycles. The van der Waals surface area contributed by atoms with Gasteiger partial charge in [0.1, 0.15) is 6.20 Å². The number of hydrogen-bond acceptors (Lipinski definition) is 5. The zero-order valence-electron chi connectivity index (χ0n) is 10.2. The highest BCUT2D eigenvalue weighted by atomic mass is 35.5. The summed E-state index contributed by atoms with van der Waals surface area (Å²) in [6.07, 6.45) is 0.917. The molecule has 0 saturated heterocycles. The number of nitrogens with zero attached hydrogens (tertiary/aromatic N) is 2. The van der Waals surface area contributed by atoms with E-state index in [2.05, 4.69) is 10.3 Å². The van der Waals surface area contributed by atoms with Gasteiger partial charge in [-0.1, -0.05) is 23.2 Å². The predicted molar refractivity (Wildman–Crippen MR) is 77.0 cm³/mol. The van der Waals surface area contributed by atoms with Crippen molar-refractivity contribution in [3.8, 4) is 5.75 Å². The van der Waals surface area contributed by atoms with Crippen molar-refractivity contribution >= 4 is 40.6 Å². The van der Waals surface area contributed by atoms with Gasteiger partial charge in [0.2, 0.25) is 0 Å². The third kappa shape index (κ3) is 3.59. The second-order valence-corrected chi connectivity index (χ2v) is 4.80. The van der Waals surface area contributed by atoms with Crippen LogP contribution < -0.4 is 5.32 Å². The number of rotatable bonds is 3. The van der Waals surface area contributed by atoms with Crippen molar-refractivity contribution in [1.29, 1.82) is 0 Å². The van der Waals surface area contributed by atoms with Crippen molar-refractivity contribution in [1.82, 2.24) is 4.98 Å². The molecule has 108 valence electrons. The van der Waals surface area contributed by atoms with Crippen LogP contribution in [0.1, 0.15) is 10.4 Å². The Balaban J connectivity index is 2.25. The van der Waals surface area contributed by atoms with Gasteiger partial charge in [-0.2, -0.15) is 0 Å². The molecule has 0 bridgehead atoms. The molecule has 1 aromatic heterocycles. The molecule has 2 aromatic rings. The van der Waals surface area contributed by atoms with E-state index in [1.807, 2.05) is 0 Å². The summed E-state index contributed by atoms with van der Waals surface area (Å²) in [5, 5.41) is 23.0. The van der Waals surface area contributed by atoms with E-state index in [4.69, 9.17) is 23.2 Å². The van der Waals surface area contributed by atoms with Gasteiger partial charge in [0.25, 0.3) is 11.6 Å². The van der Waals surface area contributed by atoms with E-state index in [1.54, 1.807) is 0 Å². The van der Waals surface area contributed by atoms with E-state index < -0.39 is 22.3 Å². The molecule has 0 atom stereocenters. The maximum absolute atomic E-state index is 12.0. The number of nitrogens with one attached hydrogen (secondary N) is 1. The summed E-state index contributed by atoms with van der Waals surface area (Å²) >= 11 is 11.6. The van der Waals surface area contributed by atoms with Crippen molar-refractivity contribution in [3.63, 3.8) is 0 Å². The van der Waals surface area contributed by atoms with Crippen molar-refractivity contribution in [2.24, 2.45) is 0 Å². The van der Waals surface area contributed by atoms with Crippen LogP contribution in [0.4, 0.5) is 11.5 Å². The standard InChI is InChI=1S/C12H7Cl2N3O4/c13-7-1-6(2-8(14)3-7)12(19)16-11-10(18)4-9(5-15-11)17(20)21/h1-5,18H,(H,15,16,19). The second-order valence-electron chi connectivity index (χ2n) is 3.93. The van der Waals surface area contributed by atoms with Crippen LogP contribution in [0.5, 0.6) is 5.75 Å². The SMILES string of the molecule is O=C(Nc1ncc([N+](=O)[O-])cc1O)c1cc(Cl)cc(Cl)c1. The van der Waals surface area contributed by atoms with E-state index in [-0.39, 0.29) is 21.4 Å². The molecule has 0 aliphatic carbocycles. The molecule has 0 spiro atoms. The lowest BCUT2D eigenvalue weighted by Gasteiger charge is -2.06. The molecule has 1 aromatic carbocycles. The number of aromatic nitrogens is 1. The molecular weight excluding hydrogens is 321 g/mol. The lowest BCUT2D eigenvalue weighted by Crippen LogP contribution is -2.13. The summed E-state index contributed by atoms with van der Waals surface area (Å²) in [5.41, 5.74) is -0.233. The van der Waals surface area contributed by atoms with E-state index >= 15 is 0 Å². The van der Waals surface area contributed by atoms with Crippen LogP contribution in [0.3, 0.4) is 0 Å². The van der Waals surface area contributed by atoms with Gasteiger partial charge < -0.3 is 10.4 Å². The van der Waals surface area contributed by atoms with E-state index in [0.717, 1.165) is 12.3 Å². The predicted octanol–water partition coefficient (Wildman–Crippen LogP) is 3.25. The van der Waals surface area contributed by atoms with Crippen molar-refractivity contribution in [3.05, 3.63) is 56.2 Å². The van der Waals surface area contributed by atoms with Crippen LogP contribution in [-0.4, -0.2) is 20.9 Å². The van der Waals surface area contributed by atoms with Crippen LogP contribution in [0.25, 0.3) is 0 Å². The molecule has 0 aliphatic heterocycles. The monoisotopic (exact) mass is 327 g/mol. The van der Waals surface area contributed by atoms with Gasteiger partial charge in [-0.05, 0) is 18.2 Å². The largest absolute Gasteiger partial charge is 0.504 e. The normalized spacial score (nSPS) is 10.2. The summed E-state index contributed by atoms with van der Waals surface area (Å²) < 4.78 is 0. The number of anilines is 1. The Kier molecular flexibility index (Phi) is 4.25. The third-order valence-electron chi connectivity index (χ3n) is 2.42. The topological polar surface area (TPSA) is 105 Å². The average molecular weight is 328 g/mol. The number of aromatic hydroxyl groups is 1. The smallest absolute Gasteiger partial charge is 0.291 e. The van der Waals surface area contributed by atoms with Crippen molar-refractivity contribution in [2.45, 2.75) is 0 Å².